The third-order valence-electron chi connectivity index (χ3n) is 4.50. The molecule has 1 aliphatic heterocycles. The van der Waals surface area contributed by atoms with Crippen LogP contribution in [0.15, 0.2) is 16.5 Å². The zero-order valence-corrected chi connectivity index (χ0v) is 10.4. The molecule has 94 valence electrons. The standard InChI is InChI=1S/C14H21NO2/c1-10-2-7-13(17-10)14(8-16-9-14)11-3-5-12(15)6-4-11/h2,7,11-12H,3-6,8-9,15H2,1H3. The zero-order valence-electron chi connectivity index (χ0n) is 10.4. The molecule has 2 heterocycles. The third kappa shape index (κ3) is 1.81. The summed E-state index contributed by atoms with van der Waals surface area (Å²) in [6.07, 6.45) is 4.72. The van der Waals surface area contributed by atoms with E-state index in [1.54, 1.807) is 0 Å². The lowest BCUT2D eigenvalue weighted by molar-refractivity contribution is -0.108. The first-order valence-corrected chi connectivity index (χ1v) is 6.61. The lowest BCUT2D eigenvalue weighted by atomic mass is 9.65. The first-order valence-electron chi connectivity index (χ1n) is 6.61. The molecule has 3 nitrogen and oxygen atoms in total. The van der Waals surface area contributed by atoms with Crippen molar-refractivity contribution in [2.75, 3.05) is 13.2 Å². The Bertz CT molecular complexity index is 387. The molecular weight excluding hydrogens is 214 g/mol. The highest BCUT2D eigenvalue weighted by Gasteiger charge is 2.49. The summed E-state index contributed by atoms with van der Waals surface area (Å²) in [6, 6.07) is 4.60. The van der Waals surface area contributed by atoms with Crippen molar-refractivity contribution in [3.63, 3.8) is 0 Å². The number of furan rings is 1. The molecule has 2 aliphatic rings. The Balaban J connectivity index is 1.82. The van der Waals surface area contributed by atoms with Crippen LogP contribution in [-0.2, 0) is 10.2 Å². The van der Waals surface area contributed by atoms with Gasteiger partial charge in [-0.15, -0.1) is 0 Å². The Kier molecular flexibility index (Phi) is 2.75. The van der Waals surface area contributed by atoms with Crippen LogP contribution in [0.2, 0.25) is 0 Å². The Morgan fingerprint density at radius 3 is 2.35 bits per heavy atom. The summed E-state index contributed by atoms with van der Waals surface area (Å²) in [7, 11) is 0. The summed E-state index contributed by atoms with van der Waals surface area (Å²) in [5, 5.41) is 0. The highest BCUT2D eigenvalue weighted by molar-refractivity contribution is 5.22. The Labute approximate surface area is 102 Å². The van der Waals surface area contributed by atoms with Crippen molar-refractivity contribution in [1.82, 2.24) is 0 Å². The molecule has 0 spiro atoms. The van der Waals surface area contributed by atoms with E-state index in [1.807, 2.05) is 6.92 Å². The second-order valence-corrected chi connectivity index (χ2v) is 5.67. The van der Waals surface area contributed by atoms with Gasteiger partial charge in [-0.25, -0.2) is 0 Å². The van der Waals surface area contributed by atoms with Crippen LogP contribution in [0, 0.1) is 12.8 Å². The number of aryl methyl sites for hydroxylation is 1. The minimum Gasteiger partial charge on any atom is -0.466 e. The first-order chi connectivity index (χ1) is 8.21. The van der Waals surface area contributed by atoms with Gasteiger partial charge in [-0.2, -0.15) is 0 Å². The lowest BCUT2D eigenvalue weighted by Crippen LogP contribution is -2.53. The van der Waals surface area contributed by atoms with Gasteiger partial charge in [0.15, 0.2) is 0 Å². The van der Waals surface area contributed by atoms with Crippen molar-refractivity contribution >= 4 is 0 Å². The van der Waals surface area contributed by atoms with Crippen molar-refractivity contribution in [3.8, 4) is 0 Å². The van der Waals surface area contributed by atoms with E-state index in [-0.39, 0.29) is 5.41 Å². The van der Waals surface area contributed by atoms with Gasteiger partial charge in [0.05, 0.1) is 18.6 Å². The minimum absolute atomic E-state index is 0.147. The predicted molar refractivity (Wildman–Crippen MR) is 65.9 cm³/mol. The monoisotopic (exact) mass is 235 g/mol. The van der Waals surface area contributed by atoms with Crippen molar-refractivity contribution in [2.45, 2.75) is 44.1 Å². The Morgan fingerprint density at radius 2 is 1.88 bits per heavy atom. The summed E-state index contributed by atoms with van der Waals surface area (Å²) in [6.45, 7) is 3.65. The van der Waals surface area contributed by atoms with E-state index in [1.165, 1.54) is 12.8 Å². The zero-order chi connectivity index (χ0) is 11.9. The van der Waals surface area contributed by atoms with E-state index in [9.17, 15) is 0 Å². The van der Waals surface area contributed by atoms with Gasteiger partial charge in [0, 0.05) is 6.04 Å². The second-order valence-electron chi connectivity index (χ2n) is 5.67. The van der Waals surface area contributed by atoms with Gasteiger partial charge in [0.1, 0.15) is 11.5 Å². The number of hydrogen-bond donors (Lipinski definition) is 1. The summed E-state index contributed by atoms with van der Waals surface area (Å²) >= 11 is 0. The maximum absolute atomic E-state index is 5.99. The van der Waals surface area contributed by atoms with E-state index in [0.29, 0.717) is 12.0 Å². The molecule has 2 fully saturated rings. The van der Waals surface area contributed by atoms with Crippen molar-refractivity contribution < 1.29 is 9.15 Å². The smallest absolute Gasteiger partial charge is 0.115 e. The molecule has 0 atom stereocenters. The average molecular weight is 235 g/mol. The van der Waals surface area contributed by atoms with Crippen LogP contribution < -0.4 is 5.73 Å². The fourth-order valence-corrected chi connectivity index (χ4v) is 3.28. The van der Waals surface area contributed by atoms with Crippen LogP contribution in [0.5, 0.6) is 0 Å². The third-order valence-corrected chi connectivity index (χ3v) is 4.50. The van der Waals surface area contributed by atoms with E-state index < -0.39 is 0 Å². The maximum Gasteiger partial charge on any atom is 0.115 e. The maximum atomic E-state index is 5.99. The highest BCUT2D eigenvalue weighted by Crippen LogP contribution is 2.46. The first kappa shape index (κ1) is 11.3. The molecule has 0 radical (unpaired) electrons. The lowest BCUT2D eigenvalue weighted by Gasteiger charge is -2.47. The molecule has 1 saturated heterocycles. The molecule has 17 heavy (non-hydrogen) atoms. The fourth-order valence-electron chi connectivity index (χ4n) is 3.28. The van der Waals surface area contributed by atoms with Crippen molar-refractivity contribution in [3.05, 3.63) is 23.7 Å². The molecule has 1 aliphatic carbocycles. The minimum atomic E-state index is 0.147. The van der Waals surface area contributed by atoms with Gasteiger partial charge in [-0.3, -0.25) is 0 Å². The molecule has 0 unspecified atom stereocenters. The Morgan fingerprint density at radius 1 is 1.18 bits per heavy atom. The van der Waals surface area contributed by atoms with Gasteiger partial charge in [-0.1, -0.05) is 0 Å². The van der Waals surface area contributed by atoms with Crippen LogP contribution in [0.25, 0.3) is 0 Å². The van der Waals surface area contributed by atoms with Crippen LogP contribution in [0.3, 0.4) is 0 Å². The van der Waals surface area contributed by atoms with Crippen LogP contribution in [0.1, 0.15) is 37.2 Å². The Hall–Kier alpha value is -0.800. The number of nitrogens with two attached hydrogens (primary N) is 1. The van der Waals surface area contributed by atoms with Crippen LogP contribution in [-0.4, -0.2) is 19.3 Å². The van der Waals surface area contributed by atoms with Crippen molar-refractivity contribution in [2.24, 2.45) is 11.7 Å². The predicted octanol–water partition coefficient (Wildman–Crippen LogP) is 2.37. The van der Waals surface area contributed by atoms with Crippen LogP contribution in [0.4, 0.5) is 0 Å². The second kappa shape index (κ2) is 4.14. The van der Waals surface area contributed by atoms with Gasteiger partial charge in [0.2, 0.25) is 0 Å². The molecule has 2 N–H and O–H groups in total. The van der Waals surface area contributed by atoms with E-state index >= 15 is 0 Å². The molecule has 0 bridgehead atoms. The normalized spacial score (nSPS) is 32.1. The average Bonchev–Trinajstić information content (AvgIpc) is 2.67. The SMILES string of the molecule is Cc1ccc(C2(C3CCC(N)CC3)COC2)o1. The summed E-state index contributed by atoms with van der Waals surface area (Å²) in [5.41, 5.74) is 6.14. The van der Waals surface area contributed by atoms with Gasteiger partial charge >= 0.3 is 0 Å². The van der Waals surface area contributed by atoms with E-state index in [4.69, 9.17) is 14.9 Å². The molecule has 1 aromatic rings. The summed E-state index contributed by atoms with van der Waals surface area (Å²) < 4.78 is 11.4. The van der Waals surface area contributed by atoms with Crippen molar-refractivity contribution in [1.29, 1.82) is 0 Å². The molecule has 1 saturated carbocycles. The molecular formula is C14H21NO2. The quantitative estimate of drug-likeness (QED) is 0.856. The largest absolute Gasteiger partial charge is 0.466 e. The van der Waals surface area contributed by atoms with E-state index in [2.05, 4.69) is 12.1 Å². The summed E-state index contributed by atoms with van der Waals surface area (Å²) in [4.78, 5) is 0. The number of rotatable bonds is 2. The molecule has 0 amide bonds. The number of hydrogen-bond acceptors (Lipinski definition) is 3. The van der Waals surface area contributed by atoms with Gasteiger partial charge < -0.3 is 14.9 Å². The molecule has 3 rings (SSSR count). The molecule has 0 aromatic carbocycles. The van der Waals surface area contributed by atoms with E-state index in [0.717, 1.165) is 37.6 Å². The topological polar surface area (TPSA) is 48.4 Å². The van der Waals surface area contributed by atoms with Crippen LogP contribution >= 0.6 is 0 Å². The fraction of sp³-hybridized carbons (Fsp3) is 0.714. The van der Waals surface area contributed by atoms with Gasteiger partial charge in [-0.05, 0) is 50.7 Å². The number of ether oxygens (including phenoxy) is 1. The van der Waals surface area contributed by atoms with Gasteiger partial charge in [0.25, 0.3) is 0 Å². The molecule has 1 aromatic heterocycles. The molecule has 3 heteroatoms. The highest BCUT2D eigenvalue weighted by atomic mass is 16.5. The summed E-state index contributed by atoms with van der Waals surface area (Å²) in [5.74, 6) is 2.81.